The van der Waals surface area contributed by atoms with Gasteiger partial charge in [0.05, 0.1) is 5.56 Å². The Morgan fingerprint density at radius 1 is 0.853 bits per heavy atom. The van der Waals surface area contributed by atoms with Gasteiger partial charge in [-0.15, -0.1) is 0 Å². The molecule has 4 aromatic rings. The summed E-state index contributed by atoms with van der Waals surface area (Å²) in [5.41, 5.74) is 4.06. The zero-order chi connectivity index (χ0) is 23.9. The highest BCUT2D eigenvalue weighted by Crippen LogP contribution is 2.28. The summed E-state index contributed by atoms with van der Waals surface area (Å²) in [6.07, 6.45) is 0. The van der Waals surface area contributed by atoms with Crippen molar-refractivity contribution >= 4 is 28.3 Å². The van der Waals surface area contributed by atoms with Gasteiger partial charge in [-0.3, -0.25) is 4.79 Å². The van der Waals surface area contributed by atoms with Gasteiger partial charge in [0, 0.05) is 24.3 Å². The maximum absolute atomic E-state index is 12.4. The summed E-state index contributed by atoms with van der Waals surface area (Å²) in [4.78, 5) is 23.5. The predicted octanol–water partition coefficient (Wildman–Crippen LogP) is 5.15. The first-order valence-electron chi connectivity index (χ1n) is 11.0. The van der Waals surface area contributed by atoms with E-state index in [4.69, 9.17) is 9.84 Å². The van der Waals surface area contributed by atoms with E-state index in [1.807, 2.05) is 67.6 Å². The van der Waals surface area contributed by atoms with E-state index in [0.29, 0.717) is 18.8 Å². The van der Waals surface area contributed by atoms with Crippen molar-refractivity contribution in [3.63, 3.8) is 0 Å². The molecule has 0 radical (unpaired) electrons. The topological polar surface area (TPSA) is 87.7 Å². The first kappa shape index (κ1) is 23.0. The largest absolute Gasteiger partial charge is 0.483 e. The number of amides is 1. The molecule has 4 rings (SSSR count). The fourth-order valence-electron chi connectivity index (χ4n) is 3.71. The molecule has 0 heterocycles. The van der Waals surface area contributed by atoms with E-state index in [-0.39, 0.29) is 18.1 Å². The third kappa shape index (κ3) is 5.79. The van der Waals surface area contributed by atoms with Gasteiger partial charge in [0.2, 0.25) is 0 Å². The SMILES string of the molecule is Cc1ccc(NC(=O)COc2ccc3ccccc3c2CNCc2ccc(C(=O)O)cc2)cc1. The lowest BCUT2D eigenvalue weighted by Crippen LogP contribution is -2.21. The summed E-state index contributed by atoms with van der Waals surface area (Å²) in [5.74, 6) is -0.524. The van der Waals surface area contributed by atoms with Crippen molar-refractivity contribution in [2.24, 2.45) is 0 Å². The van der Waals surface area contributed by atoms with E-state index in [9.17, 15) is 9.59 Å². The third-order valence-corrected chi connectivity index (χ3v) is 5.52. The quantitative estimate of drug-likeness (QED) is 0.325. The van der Waals surface area contributed by atoms with E-state index < -0.39 is 5.97 Å². The molecule has 0 unspecified atom stereocenters. The number of hydrogen-bond donors (Lipinski definition) is 3. The zero-order valence-electron chi connectivity index (χ0n) is 18.9. The number of ether oxygens (including phenoxy) is 1. The van der Waals surface area contributed by atoms with Crippen LogP contribution in [0.1, 0.15) is 27.0 Å². The lowest BCUT2D eigenvalue weighted by molar-refractivity contribution is -0.118. The molecule has 34 heavy (non-hydrogen) atoms. The fourth-order valence-corrected chi connectivity index (χ4v) is 3.71. The third-order valence-electron chi connectivity index (χ3n) is 5.52. The molecule has 0 aromatic heterocycles. The van der Waals surface area contributed by atoms with Crippen LogP contribution in [0.5, 0.6) is 5.75 Å². The number of anilines is 1. The Labute approximate surface area is 198 Å². The van der Waals surface area contributed by atoms with E-state index in [2.05, 4.69) is 10.6 Å². The molecule has 0 aliphatic heterocycles. The minimum Gasteiger partial charge on any atom is -0.483 e. The lowest BCUT2D eigenvalue weighted by atomic mass is 10.0. The molecular weight excluding hydrogens is 428 g/mol. The molecule has 172 valence electrons. The van der Waals surface area contributed by atoms with Crippen LogP contribution in [-0.2, 0) is 17.9 Å². The predicted molar refractivity (Wildman–Crippen MR) is 133 cm³/mol. The van der Waals surface area contributed by atoms with Gasteiger partial charge in [0.1, 0.15) is 5.75 Å². The molecule has 0 bridgehead atoms. The van der Waals surface area contributed by atoms with Crippen LogP contribution >= 0.6 is 0 Å². The van der Waals surface area contributed by atoms with Crippen molar-refractivity contribution in [3.8, 4) is 5.75 Å². The van der Waals surface area contributed by atoms with Crippen molar-refractivity contribution < 1.29 is 19.4 Å². The number of rotatable bonds is 9. The van der Waals surface area contributed by atoms with Crippen LogP contribution in [0, 0.1) is 6.92 Å². The molecule has 6 nitrogen and oxygen atoms in total. The normalized spacial score (nSPS) is 10.7. The number of aromatic carboxylic acids is 1. The lowest BCUT2D eigenvalue weighted by Gasteiger charge is -2.15. The van der Waals surface area contributed by atoms with Crippen molar-refractivity contribution in [2.45, 2.75) is 20.0 Å². The molecule has 0 fully saturated rings. The van der Waals surface area contributed by atoms with E-state index >= 15 is 0 Å². The van der Waals surface area contributed by atoms with Gasteiger partial charge < -0.3 is 20.5 Å². The molecule has 6 heteroatoms. The second-order valence-corrected chi connectivity index (χ2v) is 8.07. The molecule has 4 aromatic carbocycles. The number of carbonyl (C=O) groups excluding carboxylic acids is 1. The van der Waals surface area contributed by atoms with Crippen LogP contribution in [0.2, 0.25) is 0 Å². The van der Waals surface area contributed by atoms with Crippen molar-refractivity contribution in [1.29, 1.82) is 0 Å². The summed E-state index contributed by atoms with van der Waals surface area (Å²) < 4.78 is 5.93. The summed E-state index contributed by atoms with van der Waals surface area (Å²) in [7, 11) is 0. The molecule has 1 amide bonds. The Kier molecular flexibility index (Phi) is 7.20. The molecule has 0 aliphatic rings. The van der Waals surface area contributed by atoms with Crippen molar-refractivity contribution in [3.05, 3.63) is 107 Å². The molecule has 0 saturated heterocycles. The summed E-state index contributed by atoms with van der Waals surface area (Å²) in [5, 5.41) is 17.4. The van der Waals surface area contributed by atoms with Gasteiger partial charge in [0.25, 0.3) is 5.91 Å². The molecular formula is C28H26N2O4. The second kappa shape index (κ2) is 10.6. The van der Waals surface area contributed by atoms with Crippen molar-refractivity contribution in [2.75, 3.05) is 11.9 Å². The Balaban J connectivity index is 1.44. The fraction of sp³-hybridized carbons (Fsp3) is 0.143. The average Bonchev–Trinajstić information content (AvgIpc) is 2.85. The summed E-state index contributed by atoms with van der Waals surface area (Å²) in [6.45, 7) is 2.98. The Bertz CT molecular complexity index is 1300. The molecule has 0 spiro atoms. The molecule has 3 N–H and O–H groups in total. The number of carboxylic acid groups (broad SMARTS) is 1. The Morgan fingerprint density at radius 2 is 1.59 bits per heavy atom. The average molecular weight is 455 g/mol. The number of fused-ring (bicyclic) bond motifs is 1. The van der Waals surface area contributed by atoms with Gasteiger partial charge in [-0.1, -0.05) is 60.2 Å². The van der Waals surface area contributed by atoms with Crippen LogP contribution in [0.4, 0.5) is 5.69 Å². The van der Waals surface area contributed by atoms with E-state index in [0.717, 1.165) is 33.2 Å². The van der Waals surface area contributed by atoms with Crippen LogP contribution < -0.4 is 15.4 Å². The number of nitrogens with one attached hydrogen (secondary N) is 2. The molecule has 0 saturated carbocycles. The summed E-state index contributed by atoms with van der Waals surface area (Å²) >= 11 is 0. The first-order valence-corrected chi connectivity index (χ1v) is 11.0. The zero-order valence-corrected chi connectivity index (χ0v) is 18.9. The standard InChI is InChI=1S/C28H26N2O4/c1-19-6-13-23(14-7-19)30-27(31)18-34-26-15-12-21-4-2-3-5-24(21)25(26)17-29-16-20-8-10-22(11-9-20)28(32)33/h2-15,29H,16-18H2,1H3,(H,30,31)(H,32,33). The van der Waals surface area contributed by atoms with Gasteiger partial charge >= 0.3 is 5.97 Å². The highest BCUT2D eigenvalue weighted by atomic mass is 16.5. The maximum Gasteiger partial charge on any atom is 0.335 e. The minimum absolute atomic E-state index is 0.101. The van der Waals surface area contributed by atoms with Crippen LogP contribution in [-0.4, -0.2) is 23.6 Å². The monoisotopic (exact) mass is 454 g/mol. The Morgan fingerprint density at radius 3 is 2.32 bits per heavy atom. The van der Waals surface area contributed by atoms with E-state index in [1.54, 1.807) is 24.3 Å². The van der Waals surface area contributed by atoms with Gasteiger partial charge in [-0.25, -0.2) is 4.79 Å². The highest BCUT2D eigenvalue weighted by molar-refractivity contribution is 5.92. The Hall–Kier alpha value is -4.16. The van der Waals surface area contributed by atoms with E-state index in [1.165, 1.54) is 0 Å². The van der Waals surface area contributed by atoms with Crippen LogP contribution in [0.15, 0.2) is 84.9 Å². The number of aryl methyl sites for hydroxylation is 1. The number of benzene rings is 4. The summed E-state index contributed by atoms with van der Waals surface area (Å²) in [6, 6.07) is 26.3. The van der Waals surface area contributed by atoms with Gasteiger partial charge in [0.15, 0.2) is 6.61 Å². The highest BCUT2D eigenvalue weighted by Gasteiger charge is 2.11. The van der Waals surface area contributed by atoms with Crippen molar-refractivity contribution in [1.82, 2.24) is 5.32 Å². The number of carbonyl (C=O) groups is 2. The smallest absolute Gasteiger partial charge is 0.335 e. The second-order valence-electron chi connectivity index (χ2n) is 8.07. The first-order chi connectivity index (χ1) is 16.5. The minimum atomic E-state index is -0.941. The number of carboxylic acids is 1. The van der Waals surface area contributed by atoms with Crippen LogP contribution in [0.3, 0.4) is 0 Å². The maximum atomic E-state index is 12.4. The molecule has 0 aliphatic carbocycles. The van der Waals surface area contributed by atoms with Crippen LogP contribution in [0.25, 0.3) is 10.8 Å². The molecule has 0 atom stereocenters. The number of hydrogen-bond acceptors (Lipinski definition) is 4. The van der Waals surface area contributed by atoms with Gasteiger partial charge in [-0.05, 0) is 53.6 Å². The van der Waals surface area contributed by atoms with Gasteiger partial charge in [-0.2, -0.15) is 0 Å².